The van der Waals surface area contributed by atoms with Crippen LogP contribution in [0.3, 0.4) is 0 Å². The molecule has 1 N–H and O–H groups in total. The Hall–Kier alpha value is -1.59. The number of aromatic nitrogens is 2. The lowest BCUT2D eigenvalue weighted by atomic mass is 10.00. The van der Waals surface area contributed by atoms with Gasteiger partial charge in [0.2, 0.25) is 0 Å². The Balaban J connectivity index is 1.87. The number of rotatable bonds is 5. The second kappa shape index (κ2) is 7.32. The molecule has 1 aliphatic rings. The van der Waals surface area contributed by atoms with Gasteiger partial charge in [-0.2, -0.15) is 0 Å². The van der Waals surface area contributed by atoms with E-state index in [0.717, 1.165) is 35.7 Å². The van der Waals surface area contributed by atoms with Gasteiger partial charge in [0, 0.05) is 55.1 Å². The summed E-state index contributed by atoms with van der Waals surface area (Å²) in [6.07, 6.45) is 8.15. The van der Waals surface area contributed by atoms with Crippen LogP contribution in [0.25, 0.3) is 11.1 Å². The van der Waals surface area contributed by atoms with Crippen molar-refractivity contribution in [2.75, 3.05) is 24.2 Å². The summed E-state index contributed by atoms with van der Waals surface area (Å²) in [6.45, 7) is 5.41. The third-order valence-electron chi connectivity index (χ3n) is 4.24. The number of hydrogen-bond donors (Lipinski definition) is 1. The molecule has 2 aromatic heterocycles. The Morgan fingerprint density at radius 2 is 2.09 bits per heavy atom. The lowest BCUT2D eigenvalue weighted by Gasteiger charge is -2.26. The second-order valence-corrected chi connectivity index (χ2v) is 7.11. The minimum Gasteiger partial charge on any atom is -0.359 e. The molecule has 1 atom stereocenters. The smallest absolute Gasteiger partial charge is 0.131 e. The Morgan fingerprint density at radius 1 is 1.26 bits per heavy atom. The highest BCUT2D eigenvalue weighted by atomic mass is 32.2. The zero-order valence-electron chi connectivity index (χ0n) is 14.0. The van der Waals surface area contributed by atoms with Crippen molar-refractivity contribution in [3.8, 4) is 11.1 Å². The van der Waals surface area contributed by atoms with Crippen molar-refractivity contribution >= 4 is 17.8 Å². The molecule has 0 unspecified atom stereocenters. The van der Waals surface area contributed by atoms with E-state index in [-0.39, 0.29) is 6.04 Å². The van der Waals surface area contributed by atoms with E-state index in [1.807, 2.05) is 18.6 Å². The molecule has 3 heterocycles. The van der Waals surface area contributed by atoms with Crippen LogP contribution in [0.1, 0.15) is 37.4 Å². The molecule has 23 heavy (non-hydrogen) atoms. The Morgan fingerprint density at radius 3 is 2.91 bits per heavy atom. The summed E-state index contributed by atoms with van der Waals surface area (Å²) < 4.78 is 3.44. The highest BCUT2D eigenvalue weighted by Crippen LogP contribution is 2.29. The summed E-state index contributed by atoms with van der Waals surface area (Å²) in [6, 6.07) is 4.78. The molecule has 0 bridgehead atoms. The van der Waals surface area contributed by atoms with Crippen LogP contribution in [0.5, 0.6) is 0 Å². The molecule has 1 aliphatic heterocycles. The van der Waals surface area contributed by atoms with Gasteiger partial charge in [0.15, 0.2) is 0 Å². The van der Waals surface area contributed by atoms with E-state index >= 15 is 0 Å². The van der Waals surface area contributed by atoms with Gasteiger partial charge in [-0.25, -0.2) is 4.98 Å². The minimum atomic E-state index is 0.282. The predicted molar refractivity (Wildman–Crippen MR) is 98.7 cm³/mol. The summed E-state index contributed by atoms with van der Waals surface area (Å²) in [5, 5.41) is 0. The van der Waals surface area contributed by atoms with Gasteiger partial charge in [-0.1, -0.05) is 18.9 Å². The van der Waals surface area contributed by atoms with Gasteiger partial charge in [0.1, 0.15) is 5.82 Å². The van der Waals surface area contributed by atoms with Gasteiger partial charge >= 0.3 is 0 Å². The molecule has 0 saturated heterocycles. The maximum atomic E-state index is 4.68. The number of anilines is 1. The molecule has 0 fully saturated rings. The third-order valence-corrected chi connectivity index (χ3v) is 5.05. The van der Waals surface area contributed by atoms with Crippen molar-refractivity contribution in [1.29, 1.82) is 0 Å². The molecule has 0 radical (unpaired) electrons. The number of nitrogens with zero attached hydrogens (tertiary/aromatic N) is 3. The van der Waals surface area contributed by atoms with Crippen LogP contribution in [-0.4, -0.2) is 29.3 Å². The van der Waals surface area contributed by atoms with Crippen molar-refractivity contribution in [2.45, 2.75) is 32.7 Å². The highest BCUT2D eigenvalue weighted by Gasteiger charge is 2.16. The van der Waals surface area contributed by atoms with Crippen molar-refractivity contribution in [2.24, 2.45) is 0 Å². The van der Waals surface area contributed by atoms with Crippen LogP contribution in [-0.2, 0) is 6.42 Å². The fraction of sp³-hybridized carbons (Fsp3) is 0.444. The number of nitrogens with one attached hydrogen (secondary N) is 1. The summed E-state index contributed by atoms with van der Waals surface area (Å²) in [4.78, 5) is 11.4. The molecule has 0 aliphatic carbocycles. The van der Waals surface area contributed by atoms with E-state index < -0.39 is 0 Å². The molecule has 122 valence electrons. The van der Waals surface area contributed by atoms with E-state index in [1.54, 1.807) is 11.9 Å². The van der Waals surface area contributed by atoms with Crippen LogP contribution in [0, 0.1) is 0 Å². The largest absolute Gasteiger partial charge is 0.359 e. The monoisotopic (exact) mass is 328 g/mol. The number of pyridine rings is 2. The van der Waals surface area contributed by atoms with Crippen molar-refractivity contribution in [3.05, 3.63) is 41.9 Å². The first-order valence-corrected chi connectivity index (χ1v) is 9.20. The van der Waals surface area contributed by atoms with E-state index in [2.05, 4.69) is 52.6 Å². The lowest BCUT2D eigenvalue weighted by molar-refractivity contribution is 0.730. The SMILES string of the molecule is CCSN[C@H](C)c1cncc(-c2cnc3c(c2)CCCN3C)c1. The average Bonchev–Trinajstić information content (AvgIpc) is 2.59. The molecule has 4 nitrogen and oxygen atoms in total. The first-order valence-electron chi connectivity index (χ1n) is 8.21. The van der Waals surface area contributed by atoms with Gasteiger partial charge in [-0.05, 0) is 43.0 Å². The molecule has 2 aromatic rings. The molecule has 0 amide bonds. The van der Waals surface area contributed by atoms with Gasteiger partial charge in [-0.3, -0.25) is 9.71 Å². The quantitative estimate of drug-likeness (QED) is 0.845. The molecule has 3 rings (SSSR count). The Bertz CT molecular complexity index is 674. The summed E-state index contributed by atoms with van der Waals surface area (Å²) in [5.74, 6) is 2.18. The van der Waals surface area contributed by atoms with E-state index in [4.69, 9.17) is 0 Å². The van der Waals surface area contributed by atoms with Crippen molar-refractivity contribution in [1.82, 2.24) is 14.7 Å². The Kier molecular flexibility index (Phi) is 5.18. The normalized spacial score (nSPS) is 15.3. The molecule has 0 aromatic carbocycles. The zero-order valence-corrected chi connectivity index (χ0v) is 14.9. The van der Waals surface area contributed by atoms with Crippen molar-refractivity contribution in [3.63, 3.8) is 0 Å². The van der Waals surface area contributed by atoms with Gasteiger partial charge in [0.25, 0.3) is 0 Å². The zero-order chi connectivity index (χ0) is 16.2. The molecular weight excluding hydrogens is 304 g/mol. The van der Waals surface area contributed by atoms with E-state index in [9.17, 15) is 0 Å². The van der Waals surface area contributed by atoms with Crippen LogP contribution in [0.2, 0.25) is 0 Å². The van der Waals surface area contributed by atoms with Crippen LogP contribution in [0.4, 0.5) is 5.82 Å². The maximum Gasteiger partial charge on any atom is 0.131 e. The van der Waals surface area contributed by atoms with Crippen LogP contribution in [0.15, 0.2) is 30.7 Å². The number of hydrogen-bond acceptors (Lipinski definition) is 5. The van der Waals surface area contributed by atoms with Crippen LogP contribution < -0.4 is 9.62 Å². The van der Waals surface area contributed by atoms with Gasteiger partial charge in [-0.15, -0.1) is 0 Å². The summed E-state index contributed by atoms with van der Waals surface area (Å²) in [5.41, 5.74) is 4.84. The van der Waals surface area contributed by atoms with Crippen LogP contribution >= 0.6 is 11.9 Å². The van der Waals surface area contributed by atoms with Crippen molar-refractivity contribution < 1.29 is 0 Å². The fourth-order valence-corrected chi connectivity index (χ4v) is 3.48. The average molecular weight is 328 g/mol. The lowest BCUT2D eigenvalue weighted by Crippen LogP contribution is -2.25. The highest BCUT2D eigenvalue weighted by molar-refractivity contribution is 7.97. The first kappa shape index (κ1) is 16.3. The van der Waals surface area contributed by atoms with Gasteiger partial charge < -0.3 is 4.90 Å². The van der Waals surface area contributed by atoms with E-state index in [1.165, 1.54) is 17.5 Å². The summed E-state index contributed by atoms with van der Waals surface area (Å²) in [7, 11) is 2.12. The molecule has 0 saturated carbocycles. The molecule has 0 spiro atoms. The standard InChI is InChI=1S/C18H24N4S/c1-4-23-21-13(2)15-9-16(11-19-10-15)17-8-14-6-5-7-22(3)18(14)20-12-17/h8-13,21H,4-7H2,1-3H3/t13-/m1/s1. The number of fused-ring (bicyclic) bond motifs is 1. The Labute approximate surface area is 142 Å². The minimum absolute atomic E-state index is 0.282. The second-order valence-electron chi connectivity index (χ2n) is 6.01. The fourth-order valence-electron chi connectivity index (χ4n) is 2.93. The topological polar surface area (TPSA) is 41.1 Å². The predicted octanol–water partition coefficient (Wildman–Crippen LogP) is 3.84. The first-order chi connectivity index (χ1) is 11.2. The summed E-state index contributed by atoms with van der Waals surface area (Å²) >= 11 is 1.74. The molecular formula is C18H24N4S. The van der Waals surface area contributed by atoms with E-state index in [0.29, 0.717) is 0 Å². The van der Waals surface area contributed by atoms with Gasteiger partial charge in [0.05, 0.1) is 0 Å². The molecule has 5 heteroatoms. The number of aryl methyl sites for hydroxylation is 1. The maximum absolute atomic E-state index is 4.68. The third kappa shape index (κ3) is 3.67.